The number of amides is 2. The van der Waals surface area contributed by atoms with Crippen molar-refractivity contribution < 1.29 is 19.1 Å². The first-order valence-electron chi connectivity index (χ1n) is 11.1. The van der Waals surface area contributed by atoms with E-state index in [0.29, 0.717) is 25.9 Å². The smallest absolute Gasteiger partial charge is 0.230 e. The van der Waals surface area contributed by atoms with Crippen LogP contribution in [0.5, 0.6) is 5.75 Å². The molecule has 30 heavy (non-hydrogen) atoms. The molecule has 1 aromatic rings. The topological polar surface area (TPSA) is 62.3 Å². The summed E-state index contributed by atoms with van der Waals surface area (Å²) in [6, 6.07) is 7.83. The van der Waals surface area contributed by atoms with Crippen LogP contribution in [0.2, 0.25) is 0 Å². The first-order chi connectivity index (χ1) is 14.6. The van der Waals surface area contributed by atoms with E-state index in [2.05, 4.69) is 4.90 Å². The minimum Gasteiger partial charge on any atom is -0.496 e. The molecule has 164 valence electrons. The Bertz CT molecular complexity index is 765. The molecule has 0 aromatic heterocycles. The van der Waals surface area contributed by atoms with E-state index in [0.717, 1.165) is 70.1 Å². The molecule has 1 spiro atoms. The lowest BCUT2D eigenvalue weighted by molar-refractivity contribution is -0.136. The Labute approximate surface area is 178 Å². The Morgan fingerprint density at radius 2 is 1.87 bits per heavy atom. The fourth-order valence-electron chi connectivity index (χ4n) is 4.97. The molecule has 0 N–H and O–H groups in total. The highest BCUT2D eigenvalue weighted by atomic mass is 16.5. The third kappa shape index (κ3) is 4.47. The second-order valence-electron chi connectivity index (χ2n) is 8.65. The molecule has 1 unspecified atom stereocenters. The molecule has 7 heteroatoms. The molecule has 1 aromatic carbocycles. The maximum Gasteiger partial charge on any atom is 0.230 e. The van der Waals surface area contributed by atoms with Gasteiger partial charge in [0, 0.05) is 52.2 Å². The molecule has 0 saturated carbocycles. The summed E-state index contributed by atoms with van der Waals surface area (Å²) in [7, 11) is 1.65. The number of para-hydroxylation sites is 1. The molecule has 3 aliphatic rings. The normalized spacial score (nSPS) is 24.8. The SMILES string of the molecule is COc1ccccc1CCC(=O)N1CCC2(CCN(CCN3CCOCC3)C2=O)C1. The number of carbonyl (C=O) groups excluding carboxylic acids is 2. The number of hydrogen-bond donors (Lipinski definition) is 0. The molecular weight excluding hydrogens is 382 g/mol. The largest absolute Gasteiger partial charge is 0.496 e. The fraction of sp³-hybridized carbons (Fsp3) is 0.652. The van der Waals surface area contributed by atoms with Crippen LogP contribution in [-0.4, -0.2) is 92.7 Å². The molecule has 1 atom stereocenters. The van der Waals surface area contributed by atoms with E-state index in [9.17, 15) is 9.59 Å². The van der Waals surface area contributed by atoms with Crippen LogP contribution in [0.1, 0.15) is 24.8 Å². The molecule has 0 radical (unpaired) electrons. The average Bonchev–Trinajstić information content (AvgIpc) is 3.36. The van der Waals surface area contributed by atoms with Gasteiger partial charge >= 0.3 is 0 Å². The number of aryl methyl sites for hydroxylation is 1. The van der Waals surface area contributed by atoms with E-state index >= 15 is 0 Å². The van der Waals surface area contributed by atoms with Crippen LogP contribution in [0, 0.1) is 5.41 Å². The van der Waals surface area contributed by atoms with Crippen molar-refractivity contribution in [3.8, 4) is 5.75 Å². The van der Waals surface area contributed by atoms with E-state index in [1.54, 1.807) is 7.11 Å². The molecule has 3 saturated heterocycles. The lowest BCUT2D eigenvalue weighted by Gasteiger charge is -2.29. The van der Waals surface area contributed by atoms with Crippen molar-refractivity contribution in [3.05, 3.63) is 29.8 Å². The molecule has 3 heterocycles. The maximum absolute atomic E-state index is 13.2. The zero-order valence-corrected chi connectivity index (χ0v) is 18.0. The number of nitrogens with zero attached hydrogens (tertiary/aromatic N) is 3. The van der Waals surface area contributed by atoms with Gasteiger partial charge in [-0.2, -0.15) is 0 Å². The van der Waals surface area contributed by atoms with Gasteiger partial charge in [0.25, 0.3) is 0 Å². The lowest BCUT2D eigenvalue weighted by Crippen LogP contribution is -2.43. The van der Waals surface area contributed by atoms with Crippen LogP contribution >= 0.6 is 0 Å². The van der Waals surface area contributed by atoms with Crippen LogP contribution in [0.3, 0.4) is 0 Å². The van der Waals surface area contributed by atoms with E-state index < -0.39 is 0 Å². The summed E-state index contributed by atoms with van der Waals surface area (Å²) in [6.45, 7) is 7.22. The van der Waals surface area contributed by atoms with Crippen molar-refractivity contribution in [2.75, 3.05) is 66.1 Å². The minimum absolute atomic E-state index is 0.136. The number of likely N-dealkylation sites (tertiary alicyclic amines) is 2. The molecule has 0 bridgehead atoms. The van der Waals surface area contributed by atoms with Crippen LogP contribution in [0.25, 0.3) is 0 Å². The Hall–Kier alpha value is -2.12. The van der Waals surface area contributed by atoms with Crippen molar-refractivity contribution in [1.29, 1.82) is 0 Å². The molecule has 0 aliphatic carbocycles. The van der Waals surface area contributed by atoms with Gasteiger partial charge < -0.3 is 19.3 Å². The lowest BCUT2D eigenvalue weighted by atomic mass is 9.85. The van der Waals surface area contributed by atoms with Gasteiger partial charge in [0.2, 0.25) is 11.8 Å². The monoisotopic (exact) mass is 415 g/mol. The van der Waals surface area contributed by atoms with Crippen molar-refractivity contribution in [3.63, 3.8) is 0 Å². The van der Waals surface area contributed by atoms with Crippen molar-refractivity contribution in [2.45, 2.75) is 25.7 Å². The minimum atomic E-state index is -0.356. The first-order valence-corrected chi connectivity index (χ1v) is 11.1. The molecular formula is C23H33N3O4. The fourth-order valence-corrected chi connectivity index (χ4v) is 4.97. The molecule has 3 aliphatic heterocycles. The van der Waals surface area contributed by atoms with Crippen LogP contribution < -0.4 is 4.74 Å². The summed E-state index contributed by atoms with van der Waals surface area (Å²) < 4.78 is 10.8. The van der Waals surface area contributed by atoms with Gasteiger partial charge in [0.1, 0.15) is 5.75 Å². The summed E-state index contributed by atoms with van der Waals surface area (Å²) in [5, 5.41) is 0. The van der Waals surface area contributed by atoms with Crippen LogP contribution in [0.15, 0.2) is 24.3 Å². The van der Waals surface area contributed by atoms with E-state index in [1.165, 1.54) is 0 Å². The van der Waals surface area contributed by atoms with Gasteiger partial charge in [0.05, 0.1) is 25.7 Å². The highest BCUT2D eigenvalue weighted by Crippen LogP contribution is 2.40. The van der Waals surface area contributed by atoms with Crippen molar-refractivity contribution >= 4 is 11.8 Å². The molecule has 2 amide bonds. The molecule has 4 rings (SSSR count). The van der Waals surface area contributed by atoms with Gasteiger partial charge in [-0.05, 0) is 30.9 Å². The first kappa shape index (κ1) is 21.1. The highest BCUT2D eigenvalue weighted by molar-refractivity contribution is 5.87. The number of ether oxygens (including phenoxy) is 2. The van der Waals surface area contributed by atoms with E-state index in [1.807, 2.05) is 34.1 Å². The maximum atomic E-state index is 13.2. The number of methoxy groups -OCH3 is 1. The quantitative estimate of drug-likeness (QED) is 0.674. The Morgan fingerprint density at radius 3 is 2.67 bits per heavy atom. The van der Waals surface area contributed by atoms with Crippen molar-refractivity contribution in [1.82, 2.24) is 14.7 Å². The third-order valence-electron chi connectivity index (χ3n) is 6.90. The summed E-state index contributed by atoms with van der Waals surface area (Å²) in [5.41, 5.74) is 0.693. The predicted molar refractivity (Wildman–Crippen MR) is 113 cm³/mol. The highest BCUT2D eigenvalue weighted by Gasteiger charge is 2.51. The standard InChI is InChI=1S/C23H33N3O4/c1-29-20-5-3-2-4-19(20)6-7-21(27)26-11-9-23(18-26)8-10-25(22(23)28)13-12-24-14-16-30-17-15-24/h2-5H,6-18H2,1H3. The van der Waals surface area contributed by atoms with E-state index in [4.69, 9.17) is 9.47 Å². The summed E-state index contributed by atoms with van der Waals surface area (Å²) in [4.78, 5) is 32.3. The Kier molecular flexibility index (Phi) is 6.58. The number of carbonyl (C=O) groups is 2. The van der Waals surface area contributed by atoms with Crippen LogP contribution in [-0.2, 0) is 20.7 Å². The summed E-state index contributed by atoms with van der Waals surface area (Å²) in [6.07, 6.45) is 2.77. The summed E-state index contributed by atoms with van der Waals surface area (Å²) >= 11 is 0. The Balaban J connectivity index is 1.27. The molecule has 3 fully saturated rings. The number of benzene rings is 1. The van der Waals surface area contributed by atoms with Gasteiger partial charge in [0.15, 0.2) is 0 Å². The summed E-state index contributed by atoms with van der Waals surface area (Å²) in [5.74, 6) is 1.21. The zero-order valence-electron chi connectivity index (χ0n) is 18.0. The third-order valence-corrected chi connectivity index (χ3v) is 6.90. The number of morpholine rings is 1. The van der Waals surface area contributed by atoms with Crippen LogP contribution in [0.4, 0.5) is 0 Å². The van der Waals surface area contributed by atoms with Gasteiger partial charge in [-0.3, -0.25) is 14.5 Å². The van der Waals surface area contributed by atoms with Gasteiger partial charge in [-0.15, -0.1) is 0 Å². The van der Waals surface area contributed by atoms with E-state index in [-0.39, 0.29) is 17.2 Å². The average molecular weight is 416 g/mol. The second-order valence-corrected chi connectivity index (χ2v) is 8.65. The van der Waals surface area contributed by atoms with Gasteiger partial charge in [-0.1, -0.05) is 18.2 Å². The zero-order chi connectivity index (χ0) is 21.0. The van der Waals surface area contributed by atoms with Crippen molar-refractivity contribution in [2.24, 2.45) is 5.41 Å². The number of rotatable bonds is 7. The molecule has 7 nitrogen and oxygen atoms in total. The van der Waals surface area contributed by atoms with Gasteiger partial charge in [-0.25, -0.2) is 0 Å². The predicted octanol–water partition coefficient (Wildman–Crippen LogP) is 1.41. The Morgan fingerprint density at radius 1 is 1.10 bits per heavy atom. The second kappa shape index (κ2) is 9.35. The number of hydrogen-bond acceptors (Lipinski definition) is 5.